The van der Waals surface area contributed by atoms with E-state index in [1.807, 2.05) is 0 Å². The van der Waals surface area contributed by atoms with Crippen molar-refractivity contribution in [1.29, 1.82) is 0 Å². The second-order valence-corrected chi connectivity index (χ2v) is 7.69. The maximum atomic E-state index is 13.3. The Hall–Kier alpha value is -3.04. The van der Waals surface area contributed by atoms with Crippen molar-refractivity contribution in [3.63, 3.8) is 0 Å². The van der Waals surface area contributed by atoms with Crippen molar-refractivity contribution >= 4 is 52.2 Å². The average Bonchev–Trinajstić information content (AvgIpc) is 2.95. The van der Waals surface area contributed by atoms with Crippen LogP contribution >= 0.6 is 23.4 Å². The minimum absolute atomic E-state index is 0.132. The maximum Gasteiger partial charge on any atom is 0.294 e. The third-order valence-corrected chi connectivity index (χ3v) is 5.31. The monoisotopic (exact) mass is 464 g/mol. The Bertz CT molecular complexity index is 1080. The molecule has 0 aromatic heterocycles. The second kappa shape index (κ2) is 9.84. The van der Waals surface area contributed by atoms with Crippen LogP contribution in [-0.2, 0) is 9.59 Å². The van der Waals surface area contributed by atoms with Gasteiger partial charge in [-0.25, -0.2) is 4.39 Å². The predicted molar refractivity (Wildman–Crippen MR) is 117 cm³/mol. The van der Waals surface area contributed by atoms with Crippen LogP contribution < -0.4 is 14.8 Å². The smallest absolute Gasteiger partial charge is 0.294 e. The second-order valence-electron chi connectivity index (χ2n) is 6.29. The summed E-state index contributed by atoms with van der Waals surface area (Å²) in [6, 6.07) is 8.52. The third-order valence-electron chi connectivity index (χ3n) is 4.12. The van der Waals surface area contributed by atoms with Gasteiger partial charge in [0.05, 0.1) is 23.6 Å². The van der Waals surface area contributed by atoms with Crippen molar-refractivity contribution in [2.24, 2.45) is 0 Å². The highest BCUT2D eigenvalue weighted by atomic mass is 35.5. The molecule has 162 valence electrons. The number of ether oxygens (including phenoxy) is 2. The summed E-state index contributed by atoms with van der Waals surface area (Å²) in [6.07, 6.45) is 1.49. The van der Waals surface area contributed by atoms with Gasteiger partial charge in [0.25, 0.3) is 11.1 Å². The minimum Gasteiger partial charge on any atom is -0.491 e. The summed E-state index contributed by atoms with van der Waals surface area (Å²) >= 11 is 6.93. The van der Waals surface area contributed by atoms with Gasteiger partial charge in [0.2, 0.25) is 5.91 Å². The molecule has 1 heterocycles. The number of thioether (sulfide) groups is 1. The summed E-state index contributed by atoms with van der Waals surface area (Å²) in [5.74, 6) is -0.994. The number of amides is 3. The number of hydrogen-bond acceptors (Lipinski definition) is 6. The fourth-order valence-corrected chi connectivity index (χ4v) is 3.96. The lowest BCUT2D eigenvalue weighted by Gasteiger charge is -2.13. The topological polar surface area (TPSA) is 84.9 Å². The lowest BCUT2D eigenvalue weighted by atomic mass is 10.1. The van der Waals surface area contributed by atoms with Crippen LogP contribution in [0.3, 0.4) is 0 Å². The Labute approximate surface area is 187 Å². The molecular weight excluding hydrogens is 447 g/mol. The largest absolute Gasteiger partial charge is 0.491 e. The van der Waals surface area contributed by atoms with Crippen LogP contribution in [0.1, 0.15) is 12.5 Å². The molecule has 0 unspecified atom stereocenters. The van der Waals surface area contributed by atoms with Gasteiger partial charge in [0.1, 0.15) is 12.4 Å². The van der Waals surface area contributed by atoms with Crippen molar-refractivity contribution in [3.8, 4) is 11.5 Å². The van der Waals surface area contributed by atoms with Crippen LogP contribution in [0.15, 0.2) is 41.3 Å². The Balaban J connectivity index is 1.76. The lowest BCUT2D eigenvalue weighted by molar-refractivity contribution is -0.127. The molecule has 0 aliphatic carbocycles. The van der Waals surface area contributed by atoms with E-state index >= 15 is 0 Å². The maximum absolute atomic E-state index is 13.3. The number of methoxy groups -OCH3 is 1. The van der Waals surface area contributed by atoms with Crippen LogP contribution in [0.25, 0.3) is 6.08 Å². The highest BCUT2D eigenvalue weighted by molar-refractivity contribution is 8.18. The van der Waals surface area contributed by atoms with E-state index in [-0.39, 0.29) is 15.6 Å². The Kier molecular flexibility index (Phi) is 7.19. The SMILES string of the molecule is CCOc1cc(/C=C2/SC(=O)N(CC(=O)Nc3cccc(F)c3)C2=O)cc(Cl)c1OC. The van der Waals surface area contributed by atoms with Crippen molar-refractivity contribution in [3.05, 3.63) is 57.7 Å². The molecule has 0 radical (unpaired) electrons. The van der Waals surface area contributed by atoms with E-state index in [0.29, 0.717) is 35.4 Å². The number of carbonyl (C=O) groups is 3. The quantitative estimate of drug-likeness (QED) is 0.604. The summed E-state index contributed by atoms with van der Waals surface area (Å²) in [6.45, 7) is 1.69. The van der Waals surface area contributed by atoms with E-state index in [0.717, 1.165) is 11.0 Å². The van der Waals surface area contributed by atoms with Gasteiger partial charge in [-0.15, -0.1) is 0 Å². The zero-order valence-electron chi connectivity index (χ0n) is 16.6. The fraction of sp³-hybridized carbons (Fsp3) is 0.190. The highest BCUT2D eigenvalue weighted by Crippen LogP contribution is 2.38. The number of nitrogens with one attached hydrogen (secondary N) is 1. The van der Waals surface area contributed by atoms with E-state index < -0.39 is 29.4 Å². The van der Waals surface area contributed by atoms with Crippen LogP contribution in [0.5, 0.6) is 11.5 Å². The number of carbonyl (C=O) groups excluding carboxylic acids is 3. The molecule has 2 aromatic rings. The van der Waals surface area contributed by atoms with Gasteiger partial charge >= 0.3 is 0 Å². The molecule has 3 amide bonds. The summed E-state index contributed by atoms with van der Waals surface area (Å²) in [4.78, 5) is 38.1. The molecule has 0 atom stereocenters. The zero-order chi connectivity index (χ0) is 22.5. The van der Waals surface area contributed by atoms with Crippen LogP contribution in [-0.4, -0.2) is 42.2 Å². The first-order chi connectivity index (χ1) is 14.8. The van der Waals surface area contributed by atoms with E-state index in [2.05, 4.69) is 5.32 Å². The van der Waals surface area contributed by atoms with Gasteiger partial charge in [-0.3, -0.25) is 19.3 Å². The molecule has 1 N–H and O–H groups in total. The number of benzene rings is 2. The summed E-state index contributed by atoms with van der Waals surface area (Å²) in [5, 5.41) is 2.15. The summed E-state index contributed by atoms with van der Waals surface area (Å²) in [7, 11) is 1.46. The standard InChI is InChI=1S/C21H18ClFN2O5S/c1-3-30-16-8-12(7-15(22)19(16)29-2)9-17-20(27)25(21(28)31-17)11-18(26)24-14-6-4-5-13(23)10-14/h4-10H,3,11H2,1-2H3,(H,24,26)/b17-9+. The molecule has 2 aromatic carbocycles. The van der Waals surface area contributed by atoms with Gasteiger partial charge < -0.3 is 14.8 Å². The van der Waals surface area contributed by atoms with Crippen molar-refractivity contribution < 1.29 is 28.2 Å². The van der Waals surface area contributed by atoms with E-state index in [1.54, 1.807) is 19.1 Å². The van der Waals surface area contributed by atoms with E-state index in [1.165, 1.54) is 31.4 Å². The molecular formula is C21H18ClFN2O5S. The van der Waals surface area contributed by atoms with Gasteiger partial charge in [-0.05, 0) is 60.7 Å². The molecule has 7 nitrogen and oxygen atoms in total. The van der Waals surface area contributed by atoms with Gasteiger partial charge in [0, 0.05) is 5.69 Å². The highest BCUT2D eigenvalue weighted by Gasteiger charge is 2.36. The van der Waals surface area contributed by atoms with E-state index in [9.17, 15) is 18.8 Å². The molecule has 1 saturated heterocycles. The summed E-state index contributed by atoms with van der Waals surface area (Å²) in [5.41, 5.74) is 0.757. The molecule has 0 bridgehead atoms. The van der Waals surface area contributed by atoms with Gasteiger partial charge in [-0.1, -0.05) is 17.7 Å². The van der Waals surface area contributed by atoms with Crippen molar-refractivity contribution in [2.45, 2.75) is 6.92 Å². The summed E-state index contributed by atoms with van der Waals surface area (Å²) < 4.78 is 24.0. The minimum atomic E-state index is -0.625. The number of halogens is 2. The number of nitrogens with zero attached hydrogens (tertiary/aromatic N) is 1. The lowest BCUT2D eigenvalue weighted by Crippen LogP contribution is -2.36. The number of rotatable bonds is 7. The van der Waals surface area contributed by atoms with Crippen LogP contribution in [0.4, 0.5) is 14.9 Å². The predicted octanol–water partition coefficient (Wildman–Crippen LogP) is 4.56. The van der Waals surface area contributed by atoms with Crippen LogP contribution in [0, 0.1) is 5.82 Å². The number of anilines is 1. The molecule has 1 aliphatic heterocycles. The molecule has 10 heteroatoms. The Morgan fingerprint density at radius 2 is 2.06 bits per heavy atom. The number of hydrogen-bond donors (Lipinski definition) is 1. The first-order valence-electron chi connectivity index (χ1n) is 9.13. The fourth-order valence-electron chi connectivity index (χ4n) is 2.83. The molecule has 0 saturated carbocycles. The first kappa shape index (κ1) is 22.6. The van der Waals surface area contributed by atoms with Crippen LogP contribution in [0.2, 0.25) is 5.02 Å². The molecule has 31 heavy (non-hydrogen) atoms. The Morgan fingerprint density at radius 1 is 1.29 bits per heavy atom. The number of imide groups is 1. The van der Waals surface area contributed by atoms with E-state index in [4.69, 9.17) is 21.1 Å². The first-order valence-corrected chi connectivity index (χ1v) is 10.3. The zero-order valence-corrected chi connectivity index (χ0v) is 18.2. The molecule has 0 spiro atoms. The molecule has 1 fully saturated rings. The van der Waals surface area contributed by atoms with Crippen molar-refractivity contribution in [1.82, 2.24) is 4.90 Å². The van der Waals surface area contributed by atoms with Gasteiger partial charge in [-0.2, -0.15) is 0 Å². The average molecular weight is 465 g/mol. The normalized spacial score (nSPS) is 14.8. The molecule has 1 aliphatic rings. The third kappa shape index (κ3) is 5.36. The molecule has 3 rings (SSSR count). The van der Waals surface area contributed by atoms with Crippen molar-refractivity contribution in [2.75, 3.05) is 25.6 Å². The Morgan fingerprint density at radius 3 is 2.74 bits per heavy atom. The van der Waals surface area contributed by atoms with Gasteiger partial charge in [0.15, 0.2) is 11.5 Å².